The van der Waals surface area contributed by atoms with Crippen molar-refractivity contribution in [2.45, 2.75) is 19.4 Å². The Morgan fingerprint density at radius 2 is 1.79 bits per heavy atom. The first-order valence-electron chi connectivity index (χ1n) is 9.92. The fourth-order valence-electron chi connectivity index (χ4n) is 4.13. The molecule has 1 heterocycles. The van der Waals surface area contributed by atoms with Gasteiger partial charge in [-0.15, -0.1) is 0 Å². The normalized spacial score (nSPS) is 15.4. The molecule has 4 rings (SSSR count). The van der Waals surface area contributed by atoms with Crippen molar-refractivity contribution in [3.63, 3.8) is 0 Å². The maximum Gasteiger partial charge on any atom is 0.263 e. The van der Waals surface area contributed by atoms with Crippen molar-refractivity contribution < 1.29 is 14.6 Å². The van der Waals surface area contributed by atoms with Crippen molar-refractivity contribution in [1.82, 2.24) is 0 Å². The molecule has 3 aromatic carbocycles. The molecule has 4 heteroatoms. The third kappa shape index (κ3) is 3.46. The molecule has 3 aromatic rings. The van der Waals surface area contributed by atoms with Gasteiger partial charge in [0.1, 0.15) is 0 Å². The fraction of sp³-hybridized carbons (Fsp3) is 0.240. The Balaban J connectivity index is 1.64. The summed E-state index contributed by atoms with van der Waals surface area (Å²) in [4.78, 5) is 14.9. The van der Waals surface area contributed by atoms with E-state index in [9.17, 15) is 4.79 Å². The number of ether oxygens (including phenoxy) is 1. The van der Waals surface area contributed by atoms with Crippen LogP contribution in [0.4, 0.5) is 11.4 Å². The Labute approximate surface area is 171 Å². The fourth-order valence-corrected chi connectivity index (χ4v) is 4.13. The molecule has 0 fully saturated rings. The van der Waals surface area contributed by atoms with Crippen molar-refractivity contribution in [2.75, 3.05) is 18.6 Å². The van der Waals surface area contributed by atoms with Crippen LogP contribution in [0.3, 0.4) is 0 Å². The zero-order valence-corrected chi connectivity index (χ0v) is 16.7. The number of rotatable bonds is 7. The number of carbonyl (C=O) groups is 1. The van der Waals surface area contributed by atoms with Gasteiger partial charge < -0.3 is 9.84 Å². The number of aliphatic hydroxyl groups excluding tert-OH is 1. The van der Waals surface area contributed by atoms with E-state index in [1.54, 1.807) is 12.0 Å². The summed E-state index contributed by atoms with van der Waals surface area (Å²) in [6.45, 7) is 2.24. The molecule has 0 aliphatic carbocycles. The van der Waals surface area contributed by atoms with E-state index in [-0.39, 0.29) is 24.5 Å². The topological polar surface area (TPSA) is 49.8 Å². The van der Waals surface area contributed by atoms with Crippen LogP contribution in [-0.4, -0.2) is 24.7 Å². The van der Waals surface area contributed by atoms with Gasteiger partial charge in [-0.25, -0.2) is 0 Å². The molecule has 1 amide bonds. The Morgan fingerprint density at radius 3 is 2.48 bits per heavy atom. The number of carbonyl (C=O) groups excluding carboxylic acids is 1. The van der Waals surface area contributed by atoms with E-state index in [2.05, 4.69) is 13.0 Å². The van der Waals surface area contributed by atoms with E-state index in [0.29, 0.717) is 6.42 Å². The van der Waals surface area contributed by atoms with E-state index < -0.39 is 0 Å². The lowest BCUT2D eigenvalue weighted by molar-refractivity contribution is 0.0740. The lowest BCUT2D eigenvalue weighted by Gasteiger charge is -2.22. The monoisotopic (exact) mass is 387 g/mol. The van der Waals surface area contributed by atoms with Gasteiger partial charge in [-0.1, -0.05) is 55.5 Å². The van der Waals surface area contributed by atoms with Gasteiger partial charge >= 0.3 is 0 Å². The van der Waals surface area contributed by atoms with E-state index in [4.69, 9.17) is 9.84 Å². The second-order valence-corrected chi connectivity index (χ2v) is 7.37. The number of hydrogen-bond acceptors (Lipinski definition) is 3. The lowest BCUT2D eigenvalue weighted by atomic mass is 9.96. The SMILES string of the molecule is CO[C@@H](c1ccc(N2C(=O)c3cccc4cccc2c34)cc1)[C@@H](C)/C=C/CCO. The lowest BCUT2D eigenvalue weighted by Crippen LogP contribution is -2.21. The number of methoxy groups -OCH3 is 1. The van der Waals surface area contributed by atoms with Gasteiger partial charge in [0.15, 0.2) is 0 Å². The molecule has 0 aromatic heterocycles. The Hall–Kier alpha value is -2.95. The molecule has 148 valence electrons. The third-order valence-corrected chi connectivity index (χ3v) is 5.50. The number of anilines is 2. The molecule has 29 heavy (non-hydrogen) atoms. The molecular formula is C25H25NO3. The van der Waals surface area contributed by atoms with E-state index >= 15 is 0 Å². The number of benzene rings is 3. The largest absolute Gasteiger partial charge is 0.396 e. The van der Waals surface area contributed by atoms with Crippen LogP contribution in [0, 0.1) is 5.92 Å². The van der Waals surface area contributed by atoms with Crippen LogP contribution in [0.15, 0.2) is 72.8 Å². The van der Waals surface area contributed by atoms with E-state index in [0.717, 1.165) is 33.3 Å². The first-order chi connectivity index (χ1) is 14.2. The minimum atomic E-state index is -0.0890. The first-order valence-corrected chi connectivity index (χ1v) is 9.92. The molecule has 1 aliphatic rings. The molecule has 2 atom stereocenters. The summed E-state index contributed by atoms with van der Waals surface area (Å²) in [6.07, 6.45) is 4.60. The van der Waals surface area contributed by atoms with E-state index in [1.807, 2.05) is 66.7 Å². The smallest absolute Gasteiger partial charge is 0.263 e. The zero-order valence-electron chi connectivity index (χ0n) is 16.7. The van der Waals surface area contributed by atoms with Gasteiger partial charge in [-0.3, -0.25) is 9.69 Å². The van der Waals surface area contributed by atoms with Gasteiger partial charge in [0.05, 0.1) is 17.4 Å². The Morgan fingerprint density at radius 1 is 1.07 bits per heavy atom. The van der Waals surface area contributed by atoms with Crippen LogP contribution < -0.4 is 4.90 Å². The van der Waals surface area contributed by atoms with Crippen LogP contribution >= 0.6 is 0 Å². The Bertz CT molecular complexity index is 1050. The zero-order chi connectivity index (χ0) is 20.4. The predicted octanol–water partition coefficient (Wildman–Crippen LogP) is 5.39. The summed E-state index contributed by atoms with van der Waals surface area (Å²) in [5, 5.41) is 11.0. The van der Waals surface area contributed by atoms with Crippen molar-refractivity contribution in [2.24, 2.45) is 5.92 Å². The summed E-state index contributed by atoms with van der Waals surface area (Å²) in [5.74, 6) is 0.178. The highest BCUT2D eigenvalue weighted by molar-refractivity contribution is 6.27. The molecule has 0 spiro atoms. The van der Waals surface area contributed by atoms with Gasteiger partial charge in [0.2, 0.25) is 0 Å². The van der Waals surface area contributed by atoms with Crippen LogP contribution in [0.2, 0.25) is 0 Å². The maximum absolute atomic E-state index is 13.1. The van der Waals surface area contributed by atoms with Crippen LogP contribution in [0.5, 0.6) is 0 Å². The second kappa shape index (κ2) is 8.19. The summed E-state index contributed by atoms with van der Waals surface area (Å²) < 4.78 is 5.72. The van der Waals surface area contributed by atoms with Gasteiger partial charge in [0.25, 0.3) is 5.91 Å². The van der Waals surface area contributed by atoms with Gasteiger partial charge in [0, 0.05) is 30.7 Å². The first kappa shape index (κ1) is 19.4. The summed E-state index contributed by atoms with van der Waals surface area (Å²) in [6, 6.07) is 19.9. The van der Waals surface area contributed by atoms with Crippen molar-refractivity contribution in [3.8, 4) is 0 Å². The molecule has 0 bridgehead atoms. The second-order valence-electron chi connectivity index (χ2n) is 7.37. The van der Waals surface area contributed by atoms with Gasteiger partial charge in [-0.05, 0) is 41.6 Å². The minimum absolute atomic E-state index is 0.00754. The van der Waals surface area contributed by atoms with Crippen molar-refractivity contribution in [1.29, 1.82) is 0 Å². The summed E-state index contributed by atoms with van der Waals surface area (Å²) in [5.41, 5.74) is 3.58. The molecule has 0 saturated carbocycles. The summed E-state index contributed by atoms with van der Waals surface area (Å²) >= 11 is 0. The molecule has 0 saturated heterocycles. The molecule has 1 N–H and O–H groups in total. The maximum atomic E-state index is 13.1. The predicted molar refractivity (Wildman–Crippen MR) is 117 cm³/mol. The standard InChI is InChI=1S/C25H25NO3/c1-17(7-3-4-16-27)24(29-2)19-12-14-20(15-13-19)26-22-11-6-9-18-8-5-10-21(23(18)22)25(26)28/h3,5-15,17,24,27H,4,16H2,1-2H3/b7-3+/t17-,24+/m0/s1. The van der Waals surface area contributed by atoms with Crippen molar-refractivity contribution in [3.05, 3.63) is 83.9 Å². The number of aliphatic hydroxyl groups is 1. The highest BCUT2D eigenvalue weighted by Gasteiger charge is 2.30. The molecule has 0 unspecified atom stereocenters. The third-order valence-electron chi connectivity index (χ3n) is 5.50. The van der Waals surface area contributed by atoms with Crippen LogP contribution in [-0.2, 0) is 4.74 Å². The van der Waals surface area contributed by atoms with Crippen molar-refractivity contribution >= 4 is 28.1 Å². The minimum Gasteiger partial charge on any atom is -0.396 e. The quantitative estimate of drug-likeness (QED) is 0.553. The Kier molecular flexibility index (Phi) is 5.47. The molecular weight excluding hydrogens is 362 g/mol. The summed E-state index contributed by atoms with van der Waals surface area (Å²) in [7, 11) is 1.70. The molecule has 4 nitrogen and oxygen atoms in total. The van der Waals surface area contributed by atoms with Gasteiger partial charge in [-0.2, -0.15) is 0 Å². The van der Waals surface area contributed by atoms with E-state index in [1.165, 1.54) is 0 Å². The highest BCUT2D eigenvalue weighted by atomic mass is 16.5. The number of amides is 1. The highest BCUT2D eigenvalue weighted by Crippen LogP contribution is 2.41. The number of hydrogen-bond donors (Lipinski definition) is 1. The average molecular weight is 387 g/mol. The van der Waals surface area contributed by atoms with Crippen LogP contribution in [0.25, 0.3) is 10.8 Å². The number of nitrogens with zero attached hydrogens (tertiary/aromatic N) is 1. The molecule has 1 aliphatic heterocycles. The van der Waals surface area contributed by atoms with Crippen LogP contribution in [0.1, 0.15) is 35.4 Å². The average Bonchev–Trinajstić information content (AvgIpc) is 3.03. The molecule has 0 radical (unpaired) electrons.